The predicted molar refractivity (Wildman–Crippen MR) is 82.8 cm³/mol. The van der Waals surface area contributed by atoms with Gasteiger partial charge in [-0.2, -0.15) is 0 Å². The molecule has 1 amide bonds. The highest BCUT2D eigenvalue weighted by molar-refractivity contribution is 5.75. The average Bonchev–Trinajstić information content (AvgIpc) is 2.54. The molecule has 0 saturated carbocycles. The minimum Gasteiger partial charge on any atom is -0.405 e. The smallest absolute Gasteiger partial charge is 0.405 e. The lowest BCUT2D eigenvalue weighted by molar-refractivity contribution is -0.274. The number of rotatable bonds is 6. The number of para-hydroxylation sites is 1. The fourth-order valence-electron chi connectivity index (χ4n) is 2.05. The number of carbonyl (C=O) groups excluding carboxylic acids is 1. The van der Waals surface area contributed by atoms with Crippen molar-refractivity contribution in [2.24, 2.45) is 0 Å². The van der Waals surface area contributed by atoms with Gasteiger partial charge in [0.1, 0.15) is 12.3 Å². The number of hydrogen-bond donors (Lipinski definition) is 1. The van der Waals surface area contributed by atoms with Crippen LogP contribution in [-0.4, -0.2) is 21.8 Å². The minimum atomic E-state index is -4.82. The molecule has 1 N–H and O–H groups in total. The maximum absolute atomic E-state index is 12.4. The van der Waals surface area contributed by atoms with Gasteiger partial charge in [0.2, 0.25) is 5.91 Å². The molecule has 0 aliphatic rings. The van der Waals surface area contributed by atoms with E-state index < -0.39 is 12.3 Å². The molecule has 0 unspecified atom stereocenters. The van der Waals surface area contributed by atoms with Crippen LogP contribution in [0.4, 0.5) is 13.2 Å². The van der Waals surface area contributed by atoms with Crippen molar-refractivity contribution in [1.29, 1.82) is 0 Å². The van der Waals surface area contributed by atoms with Crippen LogP contribution in [-0.2, 0) is 24.3 Å². The maximum atomic E-state index is 12.4. The maximum Gasteiger partial charge on any atom is 0.573 e. The number of ether oxygens (including phenoxy) is 1. The third kappa shape index (κ3) is 5.63. The third-order valence-corrected chi connectivity index (χ3v) is 3.29. The molecule has 1 aromatic carbocycles. The first-order valence-electron chi connectivity index (χ1n) is 7.44. The Kier molecular flexibility index (Phi) is 5.79. The summed E-state index contributed by atoms with van der Waals surface area (Å²) < 4.78 is 42.1. The normalized spacial score (nSPS) is 11.2. The lowest BCUT2D eigenvalue weighted by Gasteiger charge is -2.13. The number of hydrogen-bond acceptors (Lipinski definition) is 4. The van der Waals surface area contributed by atoms with Gasteiger partial charge in [-0.15, -0.1) is 13.2 Å². The summed E-state index contributed by atoms with van der Waals surface area (Å²) in [5.41, 5.74) is 0.405. The number of aryl methyl sites for hydroxylation is 1. The van der Waals surface area contributed by atoms with Crippen LogP contribution >= 0.6 is 0 Å². The van der Waals surface area contributed by atoms with Gasteiger partial charge in [0, 0.05) is 23.9 Å². The molecule has 0 radical (unpaired) electrons. The number of amides is 1. The molecule has 0 bridgehead atoms. The predicted octanol–water partition coefficient (Wildman–Crippen LogP) is 2.02. The first kappa shape index (κ1) is 18.5. The Bertz CT molecular complexity index is 803. The monoisotopic (exact) mass is 355 g/mol. The molecule has 9 heteroatoms. The fourth-order valence-corrected chi connectivity index (χ4v) is 2.05. The van der Waals surface area contributed by atoms with Crippen molar-refractivity contribution in [3.63, 3.8) is 0 Å². The number of benzene rings is 1. The van der Waals surface area contributed by atoms with Crippen molar-refractivity contribution in [3.8, 4) is 5.75 Å². The van der Waals surface area contributed by atoms with E-state index in [0.29, 0.717) is 12.1 Å². The summed E-state index contributed by atoms with van der Waals surface area (Å²) in [6.45, 7) is 1.40. The summed E-state index contributed by atoms with van der Waals surface area (Å²) in [6.07, 6.45) is -2.96. The standard InChI is InChI=1S/C16H16F3N3O3/c1-2-12-7-15(24)22(10-21-12)9-14(23)20-8-11-5-3-4-6-13(11)25-16(17,18)19/h3-7,10H,2,8-9H2,1H3,(H,20,23). The first-order valence-corrected chi connectivity index (χ1v) is 7.44. The summed E-state index contributed by atoms with van der Waals surface area (Å²) in [5.74, 6) is -0.920. The molecule has 0 aliphatic carbocycles. The Morgan fingerprint density at radius 2 is 2.04 bits per heavy atom. The molecular weight excluding hydrogens is 339 g/mol. The molecule has 2 rings (SSSR count). The molecule has 0 atom stereocenters. The number of halogens is 3. The molecule has 0 spiro atoms. The van der Waals surface area contributed by atoms with E-state index in [4.69, 9.17) is 0 Å². The van der Waals surface area contributed by atoms with Crippen LogP contribution in [0.1, 0.15) is 18.2 Å². The number of nitrogens with zero attached hydrogens (tertiary/aromatic N) is 2. The molecule has 25 heavy (non-hydrogen) atoms. The zero-order valence-corrected chi connectivity index (χ0v) is 13.3. The SMILES string of the molecule is CCc1cc(=O)n(CC(=O)NCc2ccccc2OC(F)(F)F)cn1. The van der Waals surface area contributed by atoms with Crippen LogP contribution in [0.3, 0.4) is 0 Å². The third-order valence-electron chi connectivity index (χ3n) is 3.29. The van der Waals surface area contributed by atoms with Crippen molar-refractivity contribution >= 4 is 5.91 Å². The van der Waals surface area contributed by atoms with Gasteiger partial charge in [-0.3, -0.25) is 14.2 Å². The summed E-state index contributed by atoms with van der Waals surface area (Å²) in [7, 11) is 0. The van der Waals surface area contributed by atoms with E-state index in [1.165, 1.54) is 30.6 Å². The van der Waals surface area contributed by atoms with Gasteiger partial charge in [-0.25, -0.2) is 4.98 Å². The number of carbonyl (C=O) groups is 1. The first-order chi connectivity index (χ1) is 11.8. The van der Waals surface area contributed by atoms with Gasteiger partial charge < -0.3 is 10.1 Å². The van der Waals surface area contributed by atoms with Crippen molar-refractivity contribution in [3.05, 3.63) is 58.3 Å². The number of nitrogens with one attached hydrogen (secondary N) is 1. The van der Waals surface area contributed by atoms with Crippen LogP contribution in [0.5, 0.6) is 5.75 Å². The molecule has 2 aromatic rings. The Hall–Kier alpha value is -2.84. The quantitative estimate of drug-likeness (QED) is 0.860. The molecule has 0 saturated heterocycles. The Balaban J connectivity index is 2.00. The molecule has 0 fully saturated rings. The van der Waals surface area contributed by atoms with E-state index in [2.05, 4.69) is 15.0 Å². The van der Waals surface area contributed by atoms with Crippen LogP contribution in [0.2, 0.25) is 0 Å². The second kappa shape index (κ2) is 7.82. The zero-order valence-electron chi connectivity index (χ0n) is 13.3. The number of alkyl halides is 3. The van der Waals surface area contributed by atoms with Crippen LogP contribution < -0.4 is 15.6 Å². The summed E-state index contributed by atoms with van der Waals surface area (Å²) in [6, 6.07) is 6.83. The minimum absolute atomic E-state index is 0.166. The molecule has 134 valence electrons. The van der Waals surface area contributed by atoms with Crippen molar-refractivity contribution < 1.29 is 22.7 Å². The Morgan fingerprint density at radius 3 is 2.68 bits per heavy atom. The van der Waals surface area contributed by atoms with Crippen LogP contribution in [0, 0.1) is 0 Å². The van der Waals surface area contributed by atoms with Crippen molar-refractivity contribution in [2.45, 2.75) is 32.8 Å². The molecule has 1 aromatic heterocycles. The highest BCUT2D eigenvalue weighted by atomic mass is 19.4. The zero-order chi connectivity index (χ0) is 18.4. The van der Waals surface area contributed by atoms with Crippen LogP contribution in [0.25, 0.3) is 0 Å². The molecule has 6 nitrogen and oxygen atoms in total. The highest BCUT2D eigenvalue weighted by Gasteiger charge is 2.31. The lowest BCUT2D eigenvalue weighted by atomic mass is 10.2. The van der Waals surface area contributed by atoms with E-state index in [9.17, 15) is 22.8 Å². The van der Waals surface area contributed by atoms with E-state index in [1.807, 2.05) is 6.92 Å². The van der Waals surface area contributed by atoms with Gasteiger partial charge in [0.05, 0.1) is 6.33 Å². The van der Waals surface area contributed by atoms with Gasteiger partial charge >= 0.3 is 6.36 Å². The highest BCUT2D eigenvalue weighted by Crippen LogP contribution is 2.25. The van der Waals surface area contributed by atoms with Crippen molar-refractivity contribution in [2.75, 3.05) is 0 Å². The van der Waals surface area contributed by atoms with Gasteiger partial charge in [-0.05, 0) is 12.5 Å². The van der Waals surface area contributed by atoms with Gasteiger partial charge in [-0.1, -0.05) is 25.1 Å². The Labute approximate surface area is 141 Å². The van der Waals surface area contributed by atoms with Crippen molar-refractivity contribution in [1.82, 2.24) is 14.9 Å². The average molecular weight is 355 g/mol. The lowest BCUT2D eigenvalue weighted by Crippen LogP contribution is -2.32. The Morgan fingerprint density at radius 1 is 1.32 bits per heavy atom. The molecule has 0 aliphatic heterocycles. The number of aromatic nitrogens is 2. The van der Waals surface area contributed by atoms with E-state index in [-0.39, 0.29) is 30.0 Å². The van der Waals surface area contributed by atoms with Gasteiger partial charge in [0.15, 0.2) is 0 Å². The second-order valence-corrected chi connectivity index (χ2v) is 5.13. The van der Waals surface area contributed by atoms with E-state index in [1.54, 1.807) is 0 Å². The molecule has 1 heterocycles. The summed E-state index contributed by atoms with van der Waals surface area (Å²) >= 11 is 0. The summed E-state index contributed by atoms with van der Waals surface area (Å²) in [5, 5.41) is 2.46. The fraction of sp³-hybridized carbons (Fsp3) is 0.312. The molecular formula is C16H16F3N3O3. The largest absolute Gasteiger partial charge is 0.573 e. The topological polar surface area (TPSA) is 73.2 Å². The van der Waals surface area contributed by atoms with Crippen LogP contribution in [0.15, 0.2) is 41.5 Å². The van der Waals surface area contributed by atoms with E-state index in [0.717, 1.165) is 10.6 Å². The van der Waals surface area contributed by atoms with Gasteiger partial charge in [0.25, 0.3) is 5.56 Å². The second-order valence-electron chi connectivity index (χ2n) is 5.13. The van der Waals surface area contributed by atoms with E-state index >= 15 is 0 Å². The summed E-state index contributed by atoms with van der Waals surface area (Å²) in [4.78, 5) is 27.8.